The predicted octanol–water partition coefficient (Wildman–Crippen LogP) is 2.28. The van der Waals surface area contributed by atoms with Crippen LogP contribution in [-0.2, 0) is 6.42 Å². The highest BCUT2D eigenvalue weighted by Crippen LogP contribution is 2.15. The zero-order valence-electron chi connectivity index (χ0n) is 8.05. The molecule has 0 bridgehead atoms. The Bertz CT molecular complexity index is 259. The summed E-state index contributed by atoms with van der Waals surface area (Å²) in [5.74, 6) is 0. The van der Waals surface area contributed by atoms with Crippen molar-refractivity contribution in [1.29, 1.82) is 0 Å². The molecule has 1 N–H and O–H groups in total. The molecule has 2 nitrogen and oxygen atoms in total. The maximum Gasteiger partial charge on any atom is 0.0621 e. The maximum absolute atomic E-state index is 5.99. The van der Waals surface area contributed by atoms with Gasteiger partial charge in [0.15, 0.2) is 0 Å². The van der Waals surface area contributed by atoms with Gasteiger partial charge in [-0.25, -0.2) is 0 Å². The third kappa shape index (κ3) is 2.98. The molecule has 1 heterocycles. The van der Waals surface area contributed by atoms with Crippen LogP contribution in [0.25, 0.3) is 0 Å². The van der Waals surface area contributed by atoms with Crippen molar-refractivity contribution in [2.45, 2.75) is 25.8 Å². The molecule has 0 aromatic carbocycles. The van der Waals surface area contributed by atoms with Crippen LogP contribution in [-0.4, -0.2) is 18.1 Å². The van der Waals surface area contributed by atoms with E-state index in [0.717, 1.165) is 23.4 Å². The van der Waals surface area contributed by atoms with Crippen LogP contribution in [0.15, 0.2) is 18.5 Å². The zero-order valence-corrected chi connectivity index (χ0v) is 8.80. The van der Waals surface area contributed by atoms with Crippen LogP contribution in [0.3, 0.4) is 0 Å². The molecule has 1 aromatic rings. The summed E-state index contributed by atoms with van der Waals surface area (Å²) in [7, 11) is 1.98. The van der Waals surface area contributed by atoms with Crippen LogP contribution in [0.5, 0.6) is 0 Å². The molecule has 0 spiro atoms. The Kier molecular flexibility index (Phi) is 4.19. The molecule has 0 fully saturated rings. The number of hydrogen-bond donors (Lipinski definition) is 1. The Hall–Kier alpha value is -0.600. The van der Waals surface area contributed by atoms with E-state index in [1.165, 1.54) is 0 Å². The average Bonchev–Trinajstić information content (AvgIpc) is 2.17. The van der Waals surface area contributed by atoms with Crippen LogP contribution >= 0.6 is 11.6 Å². The normalized spacial score (nSPS) is 12.8. The van der Waals surface area contributed by atoms with E-state index in [2.05, 4.69) is 17.2 Å². The van der Waals surface area contributed by atoms with E-state index in [1.807, 2.05) is 13.1 Å². The number of halogens is 1. The Balaban J connectivity index is 2.67. The van der Waals surface area contributed by atoms with Gasteiger partial charge in [-0.05, 0) is 31.5 Å². The van der Waals surface area contributed by atoms with Gasteiger partial charge in [-0.15, -0.1) is 0 Å². The summed E-state index contributed by atoms with van der Waals surface area (Å²) in [5.41, 5.74) is 1.16. The minimum Gasteiger partial charge on any atom is -0.317 e. The van der Waals surface area contributed by atoms with Crippen LogP contribution in [0, 0.1) is 0 Å². The summed E-state index contributed by atoms with van der Waals surface area (Å²) < 4.78 is 0. The molecule has 0 aliphatic heterocycles. The first-order valence-corrected chi connectivity index (χ1v) is 4.91. The summed E-state index contributed by atoms with van der Waals surface area (Å²) in [6.07, 6.45) is 5.55. The molecular weight excluding hydrogens is 184 g/mol. The molecule has 1 rings (SSSR count). The third-order valence-electron chi connectivity index (χ3n) is 2.22. The largest absolute Gasteiger partial charge is 0.317 e. The SMILES string of the molecule is CCC(Cc1ccncc1Cl)NC. The highest BCUT2D eigenvalue weighted by molar-refractivity contribution is 6.31. The third-order valence-corrected chi connectivity index (χ3v) is 2.56. The molecule has 3 heteroatoms. The molecule has 0 aliphatic carbocycles. The number of aromatic nitrogens is 1. The van der Waals surface area contributed by atoms with Crippen LogP contribution < -0.4 is 5.32 Å². The molecule has 0 saturated carbocycles. The van der Waals surface area contributed by atoms with E-state index in [9.17, 15) is 0 Å². The summed E-state index contributed by atoms with van der Waals surface area (Å²) in [6.45, 7) is 2.16. The first-order valence-electron chi connectivity index (χ1n) is 4.53. The average molecular weight is 199 g/mol. The lowest BCUT2D eigenvalue weighted by atomic mass is 10.1. The molecular formula is C10H15ClN2. The van der Waals surface area contributed by atoms with Crippen LogP contribution in [0.2, 0.25) is 5.02 Å². The van der Waals surface area contributed by atoms with Crippen molar-refractivity contribution < 1.29 is 0 Å². The first-order chi connectivity index (χ1) is 6.27. The van der Waals surface area contributed by atoms with Gasteiger partial charge in [0.1, 0.15) is 0 Å². The second kappa shape index (κ2) is 5.20. The molecule has 72 valence electrons. The zero-order chi connectivity index (χ0) is 9.68. The fraction of sp³-hybridized carbons (Fsp3) is 0.500. The number of rotatable bonds is 4. The number of likely N-dealkylation sites (N-methyl/N-ethyl adjacent to an activating group) is 1. The minimum absolute atomic E-state index is 0.500. The van der Waals surface area contributed by atoms with Gasteiger partial charge in [0.2, 0.25) is 0 Å². The van der Waals surface area contributed by atoms with Gasteiger partial charge in [0, 0.05) is 18.4 Å². The highest BCUT2D eigenvalue weighted by Gasteiger charge is 2.06. The van der Waals surface area contributed by atoms with Crippen molar-refractivity contribution in [3.8, 4) is 0 Å². The Morgan fingerprint density at radius 3 is 2.92 bits per heavy atom. The second-order valence-electron chi connectivity index (χ2n) is 3.07. The fourth-order valence-corrected chi connectivity index (χ4v) is 1.48. The minimum atomic E-state index is 0.500. The predicted molar refractivity (Wildman–Crippen MR) is 56.1 cm³/mol. The van der Waals surface area contributed by atoms with E-state index in [-0.39, 0.29) is 0 Å². The van der Waals surface area contributed by atoms with Gasteiger partial charge in [-0.1, -0.05) is 18.5 Å². The maximum atomic E-state index is 5.99. The molecule has 0 saturated heterocycles. The Labute approximate surface area is 84.3 Å². The number of pyridine rings is 1. The topological polar surface area (TPSA) is 24.9 Å². The lowest BCUT2D eigenvalue weighted by molar-refractivity contribution is 0.543. The van der Waals surface area contributed by atoms with Crippen molar-refractivity contribution in [3.05, 3.63) is 29.0 Å². The quantitative estimate of drug-likeness (QED) is 0.803. The van der Waals surface area contributed by atoms with E-state index >= 15 is 0 Å². The first kappa shape index (κ1) is 10.5. The summed E-state index contributed by atoms with van der Waals surface area (Å²) >= 11 is 5.99. The molecule has 0 radical (unpaired) electrons. The van der Waals surface area contributed by atoms with Gasteiger partial charge in [-0.3, -0.25) is 4.98 Å². The van der Waals surface area contributed by atoms with Crippen molar-refractivity contribution in [3.63, 3.8) is 0 Å². The lowest BCUT2D eigenvalue weighted by Crippen LogP contribution is -2.26. The van der Waals surface area contributed by atoms with Crippen LogP contribution in [0.4, 0.5) is 0 Å². The lowest BCUT2D eigenvalue weighted by Gasteiger charge is -2.13. The van der Waals surface area contributed by atoms with E-state index in [4.69, 9.17) is 11.6 Å². The van der Waals surface area contributed by atoms with E-state index in [0.29, 0.717) is 6.04 Å². The number of nitrogens with zero attached hydrogens (tertiary/aromatic N) is 1. The molecule has 1 unspecified atom stereocenters. The smallest absolute Gasteiger partial charge is 0.0621 e. The second-order valence-corrected chi connectivity index (χ2v) is 3.47. The molecule has 13 heavy (non-hydrogen) atoms. The van der Waals surface area contributed by atoms with Crippen molar-refractivity contribution in [2.24, 2.45) is 0 Å². The van der Waals surface area contributed by atoms with E-state index < -0.39 is 0 Å². The van der Waals surface area contributed by atoms with Gasteiger partial charge in [0.25, 0.3) is 0 Å². The molecule has 1 atom stereocenters. The summed E-state index contributed by atoms with van der Waals surface area (Å²) in [6, 6.07) is 2.47. The Morgan fingerprint density at radius 2 is 2.38 bits per heavy atom. The van der Waals surface area contributed by atoms with E-state index in [1.54, 1.807) is 12.4 Å². The van der Waals surface area contributed by atoms with Crippen molar-refractivity contribution in [2.75, 3.05) is 7.05 Å². The fourth-order valence-electron chi connectivity index (χ4n) is 1.29. The number of hydrogen-bond acceptors (Lipinski definition) is 2. The monoisotopic (exact) mass is 198 g/mol. The standard InChI is InChI=1S/C10H15ClN2/c1-3-9(12-2)6-8-4-5-13-7-10(8)11/h4-5,7,9,12H,3,6H2,1-2H3. The van der Waals surface area contributed by atoms with Gasteiger partial charge >= 0.3 is 0 Å². The van der Waals surface area contributed by atoms with Gasteiger partial charge in [0.05, 0.1) is 5.02 Å². The summed E-state index contributed by atoms with van der Waals surface area (Å²) in [4.78, 5) is 3.95. The van der Waals surface area contributed by atoms with Crippen molar-refractivity contribution >= 4 is 11.6 Å². The molecule has 1 aromatic heterocycles. The number of nitrogens with one attached hydrogen (secondary N) is 1. The molecule has 0 aliphatic rings. The van der Waals surface area contributed by atoms with Gasteiger partial charge < -0.3 is 5.32 Å². The van der Waals surface area contributed by atoms with Gasteiger partial charge in [-0.2, -0.15) is 0 Å². The van der Waals surface area contributed by atoms with Crippen LogP contribution in [0.1, 0.15) is 18.9 Å². The Morgan fingerprint density at radius 1 is 1.62 bits per heavy atom. The highest BCUT2D eigenvalue weighted by atomic mass is 35.5. The summed E-state index contributed by atoms with van der Waals surface area (Å²) in [5, 5.41) is 4.01. The van der Waals surface area contributed by atoms with Crippen molar-refractivity contribution in [1.82, 2.24) is 10.3 Å². The molecule has 0 amide bonds.